The lowest BCUT2D eigenvalue weighted by molar-refractivity contribution is 0.646. The lowest BCUT2D eigenvalue weighted by atomic mass is 10.3. The Hall–Kier alpha value is -1.33. The van der Waals surface area contributed by atoms with Crippen LogP contribution in [0.25, 0.3) is 0 Å². The smallest absolute Gasteiger partial charge is 0.185 e. The summed E-state index contributed by atoms with van der Waals surface area (Å²) in [7, 11) is 0. The van der Waals surface area contributed by atoms with Crippen molar-refractivity contribution in [1.29, 1.82) is 0 Å². The van der Waals surface area contributed by atoms with Crippen molar-refractivity contribution in [2.24, 2.45) is 0 Å². The van der Waals surface area contributed by atoms with Gasteiger partial charge >= 0.3 is 0 Å². The van der Waals surface area contributed by atoms with Crippen LogP contribution in [0.4, 0.5) is 10.9 Å². The number of hydrogen-bond acceptors (Lipinski definition) is 5. The summed E-state index contributed by atoms with van der Waals surface area (Å²) in [6, 6.07) is 3.86. The molecule has 0 unspecified atom stereocenters. The summed E-state index contributed by atoms with van der Waals surface area (Å²) < 4.78 is 0. The van der Waals surface area contributed by atoms with E-state index < -0.39 is 0 Å². The van der Waals surface area contributed by atoms with Gasteiger partial charge in [-0.1, -0.05) is 11.6 Å². The van der Waals surface area contributed by atoms with Crippen LogP contribution in [-0.2, 0) is 0 Å². The molecule has 94 valence electrons. The molecule has 0 bridgehead atoms. The number of hydrogen-bond donors (Lipinski definition) is 0. The van der Waals surface area contributed by atoms with Gasteiger partial charge in [0.1, 0.15) is 5.82 Å². The Bertz CT molecular complexity index is 491. The van der Waals surface area contributed by atoms with E-state index in [1.165, 1.54) is 0 Å². The molecule has 2 aromatic rings. The maximum Gasteiger partial charge on any atom is 0.185 e. The van der Waals surface area contributed by atoms with E-state index in [1.807, 2.05) is 23.7 Å². The topological polar surface area (TPSA) is 32.3 Å². The first-order chi connectivity index (χ1) is 8.83. The maximum atomic E-state index is 5.85. The summed E-state index contributed by atoms with van der Waals surface area (Å²) in [5, 5.41) is 3.81. The third-order valence-electron chi connectivity index (χ3n) is 3.01. The number of aromatic nitrogens is 2. The van der Waals surface area contributed by atoms with Gasteiger partial charge in [-0.25, -0.2) is 9.97 Å². The van der Waals surface area contributed by atoms with Crippen LogP contribution < -0.4 is 9.80 Å². The summed E-state index contributed by atoms with van der Waals surface area (Å²) >= 11 is 7.54. The van der Waals surface area contributed by atoms with E-state index in [-0.39, 0.29) is 0 Å². The highest BCUT2D eigenvalue weighted by atomic mass is 35.5. The van der Waals surface area contributed by atoms with Gasteiger partial charge in [-0.05, 0) is 12.1 Å². The fraction of sp³-hybridized carbons (Fsp3) is 0.333. The molecule has 3 rings (SSSR count). The van der Waals surface area contributed by atoms with Crippen molar-refractivity contribution in [2.75, 3.05) is 36.0 Å². The van der Waals surface area contributed by atoms with Crippen molar-refractivity contribution in [3.05, 3.63) is 34.9 Å². The molecule has 1 aliphatic rings. The quantitative estimate of drug-likeness (QED) is 0.846. The molecule has 0 amide bonds. The normalized spacial score (nSPS) is 16.1. The maximum absolute atomic E-state index is 5.85. The summed E-state index contributed by atoms with van der Waals surface area (Å²) in [6.07, 6.45) is 3.55. The number of rotatable bonds is 2. The van der Waals surface area contributed by atoms with Gasteiger partial charge in [-0.3, -0.25) is 0 Å². The number of halogens is 1. The second-order valence-electron chi connectivity index (χ2n) is 4.12. The van der Waals surface area contributed by atoms with Gasteiger partial charge in [-0.2, -0.15) is 0 Å². The molecule has 0 N–H and O–H groups in total. The van der Waals surface area contributed by atoms with Crippen molar-refractivity contribution < 1.29 is 0 Å². The van der Waals surface area contributed by atoms with Gasteiger partial charge in [-0.15, -0.1) is 11.3 Å². The van der Waals surface area contributed by atoms with Gasteiger partial charge in [0.05, 0.1) is 5.02 Å². The van der Waals surface area contributed by atoms with Crippen molar-refractivity contribution >= 4 is 33.9 Å². The van der Waals surface area contributed by atoms with E-state index in [1.54, 1.807) is 17.5 Å². The second kappa shape index (κ2) is 5.12. The molecule has 3 heterocycles. The van der Waals surface area contributed by atoms with Gasteiger partial charge in [0.2, 0.25) is 0 Å². The molecule has 0 atom stereocenters. The average molecular weight is 281 g/mol. The third-order valence-corrected chi connectivity index (χ3v) is 4.06. The monoisotopic (exact) mass is 280 g/mol. The second-order valence-corrected chi connectivity index (χ2v) is 5.43. The molecule has 1 saturated heterocycles. The molecule has 0 aromatic carbocycles. The van der Waals surface area contributed by atoms with E-state index in [0.717, 1.165) is 37.1 Å². The van der Waals surface area contributed by atoms with Gasteiger partial charge in [0, 0.05) is 44.0 Å². The van der Waals surface area contributed by atoms with Crippen LogP contribution in [0, 0.1) is 0 Å². The molecular weight excluding hydrogens is 268 g/mol. The molecule has 0 aliphatic carbocycles. The molecule has 4 nitrogen and oxygen atoms in total. The number of nitrogens with zero attached hydrogens (tertiary/aromatic N) is 4. The summed E-state index contributed by atoms with van der Waals surface area (Å²) in [4.78, 5) is 13.3. The SMILES string of the molecule is Clc1ccc(N2CCN(c3nccs3)CC2)nc1. The number of piperazine rings is 1. The highest BCUT2D eigenvalue weighted by molar-refractivity contribution is 7.13. The number of pyridine rings is 1. The van der Waals surface area contributed by atoms with Gasteiger partial charge < -0.3 is 9.80 Å². The van der Waals surface area contributed by atoms with E-state index in [9.17, 15) is 0 Å². The first-order valence-corrected chi connectivity index (χ1v) is 7.09. The van der Waals surface area contributed by atoms with E-state index >= 15 is 0 Å². The number of anilines is 2. The highest BCUT2D eigenvalue weighted by Crippen LogP contribution is 2.21. The third kappa shape index (κ3) is 2.42. The van der Waals surface area contributed by atoms with E-state index in [0.29, 0.717) is 5.02 Å². The van der Waals surface area contributed by atoms with E-state index in [4.69, 9.17) is 11.6 Å². The molecular formula is C12H13ClN4S. The molecule has 18 heavy (non-hydrogen) atoms. The van der Waals surface area contributed by atoms with Crippen LogP contribution in [0.2, 0.25) is 5.02 Å². The van der Waals surface area contributed by atoms with Crippen LogP contribution in [0.15, 0.2) is 29.9 Å². The van der Waals surface area contributed by atoms with Crippen LogP contribution in [-0.4, -0.2) is 36.1 Å². The summed E-state index contributed by atoms with van der Waals surface area (Å²) in [6.45, 7) is 3.90. The predicted octanol–water partition coefficient (Wildman–Crippen LogP) is 2.52. The Morgan fingerprint density at radius 2 is 1.83 bits per heavy atom. The van der Waals surface area contributed by atoms with Crippen LogP contribution in [0.5, 0.6) is 0 Å². The first-order valence-electron chi connectivity index (χ1n) is 5.84. The molecule has 2 aromatic heterocycles. The predicted molar refractivity (Wildman–Crippen MR) is 75.8 cm³/mol. The fourth-order valence-electron chi connectivity index (χ4n) is 2.05. The van der Waals surface area contributed by atoms with Crippen molar-refractivity contribution in [3.63, 3.8) is 0 Å². The zero-order chi connectivity index (χ0) is 12.4. The molecule has 1 fully saturated rings. The molecule has 6 heteroatoms. The van der Waals surface area contributed by atoms with Gasteiger partial charge in [0.25, 0.3) is 0 Å². The van der Waals surface area contributed by atoms with Crippen LogP contribution in [0.3, 0.4) is 0 Å². The zero-order valence-electron chi connectivity index (χ0n) is 9.79. The summed E-state index contributed by atoms with van der Waals surface area (Å²) in [5.74, 6) is 0.998. The Kier molecular flexibility index (Phi) is 3.34. The standard InChI is InChI=1S/C12H13ClN4S/c13-10-1-2-11(15-9-10)16-4-6-17(7-5-16)12-14-3-8-18-12/h1-3,8-9H,4-7H2. The highest BCUT2D eigenvalue weighted by Gasteiger charge is 2.19. The fourth-order valence-corrected chi connectivity index (χ4v) is 2.86. The minimum Gasteiger partial charge on any atom is -0.353 e. The Morgan fingerprint density at radius 1 is 1.06 bits per heavy atom. The minimum absolute atomic E-state index is 0.681. The minimum atomic E-state index is 0.681. The van der Waals surface area contributed by atoms with Crippen molar-refractivity contribution in [2.45, 2.75) is 0 Å². The molecule has 0 spiro atoms. The van der Waals surface area contributed by atoms with E-state index in [2.05, 4.69) is 19.8 Å². The van der Waals surface area contributed by atoms with Crippen molar-refractivity contribution in [1.82, 2.24) is 9.97 Å². The lowest BCUT2D eigenvalue weighted by Gasteiger charge is -2.35. The molecule has 1 aliphatic heterocycles. The van der Waals surface area contributed by atoms with Crippen LogP contribution >= 0.6 is 22.9 Å². The molecule has 0 radical (unpaired) electrons. The first kappa shape index (κ1) is 11.7. The summed E-state index contributed by atoms with van der Waals surface area (Å²) in [5.41, 5.74) is 0. The Morgan fingerprint density at radius 3 is 2.44 bits per heavy atom. The van der Waals surface area contributed by atoms with Gasteiger partial charge in [0.15, 0.2) is 5.13 Å². The average Bonchev–Trinajstić information content (AvgIpc) is 2.94. The molecule has 0 saturated carbocycles. The Labute approximate surface area is 115 Å². The largest absolute Gasteiger partial charge is 0.353 e. The van der Waals surface area contributed by atoms with Crippen LogP contribution in [0.1, 0.15) is 0 Å². The number of thiazole rings is 1. The van der Waals surface area contributed by atoms with Crippen molar-refractivity contribution in [3.8, 4) is 0 Å². The Balaban J connectivity index is 1.65. The lowest BCUT2D eigenvalue weighted by Crippen LogP contribution is -2.46. The zero-order valence-corrected chi connectivity index (χ0v) is 11.4.